The Balaban J connectivity index is 2.24. The number of halogens is 1. The molecule has 4 nitrogen and oxygen atoms in total. The molecule has 0 radical (unpaired) electrons. The van der Waals surface area contributed by atoms with Crippen LogP contribution >= 0.6 is 27.3 Å². The number of rotatable bonds is 5. The van der Waals surface area contributed by atoms with Gasteiger partial charge in [-0.1, -0.05) is 0 Å². The first-order valence-corrected chi connectivity index (χ1v) is 6.19. The van der Waals surface area contributed by atoms with Crippen LogP contribution in [0.2, 0.25) is 0 Å². The summed E-state index contributed by atoms with van der Waals surface area (Å²) in [7, 11) is 0. The molecule has 0 aliphatic carbocycles. The molecule has 1 heterocycles. The van der Waals surface area contributed by atoms with Crippen molar-refractivity contribution in [2.75, 3.05) is 13.1 Å². The second-order valence-electron chi connectivity index (χ2n) is 3.02. The van der Waals surface area contributed by atoms with E-state index in [9.17, 15) is 4.79 Å². The number of aliphatic hydroxyl groups excluding tert-OH is 1. The van der Waals surface area contributed by atoms with Gasteiger partial charge in [0.25, 0.3) is 0 Å². The molecule has 0 aliphatic rings. The molecular formula is C9H13BrN2O2S. The van der Waals surface area contributed by atoms with Crippen LogP contribution in [0.15, 0.2) is 15.9 Å². The number of nitrogens with one attached hydrogen (secondary N) is 1. The topological polar surface area (TPSA) is 75.3 Å². The smallest absolute Gasteiger partial charge is 0.250 e. The normalized spacial score (nSPS) is 12.5. The molecule has 0 aromatic carbocycles. The van der Waals surface area contributed by atoms with Crippen molar-refractivity contribution in [2.45, 2.75) is 12.5 Å². The number of thiophene rings is 1. The lowest BCUT2D eigenvalue weighted by molar-refractivity contribution is -0.128. The maximum atomic E-state index is 11.1. The second kappa shape index (κ2) is 6.22. The van der Waals surface area contributed by atoms with Crippen molar-refractivity contribution in [3.05, 3.63) is 20.8 Å². The lowest BCUT2D eigenvalue weighted by atomic mass is 10.3. The van der Waals surface area contributed by atoms with Gasteiger partial charge in [-0.3, -0.25) is 4.79 Å². The summed E-state index contributed by atoms with van der Waals surface area (Å²) in [4.78, 5) is 12.3. The van der Waals surface area contributed by atoms with Crippen molar-refractivity contribution >= 4 is 33.2 Å². The third-order valence-corrected chi connectivity index (χ3v) is 3.58. The standard InChI is InChI=1S/C9H13BrN2O2S/c10-6-3-7(15-5-6)1-2-12-9(14)8(13)4-11/h3,5,8,13H,1-2,4,11H2,(H,12,14). The van der Waals surface area contributed by atoms with Crippen LogP contribution in [0.1, 0.15) is 4.88 Å². The highest BCUT2D eigenvalue weighted by molar-refractivity contribution is 9.10. The van der Waals surface area contributed by atoms with Crippen molar-refractivity contribution in [3.63, 3.8) is 0 Å². The second-order valence-corrected chi connectivity index (χ2v) is 4.94. The zero-order chi connectivity index (χ0) is 11.3. The monoisotopic (exact) mass is 292 g/mol. The average molecular weight is 293 g/mol. The highest BCUT2D eigenvalue weighted by Crippen LogP contribution is 2.19. The Bertz CT molecular complexity index is 330. The molecule has 1 amide bonds. The highest BCUT2D eigenvalue weighted by Gasteiger charge is 2.11. The van der Waals surface area contributed by atoms with E-state index in [-0.39, 0.29) is 6.54 Å². The molecular weight excluding hydrogens is 280 g/mol. The first kappa shape index (κ1) is 12.6. The summed E-state index contributed by atoms with van der Waals surface area (Å²) in [6, 6.07) is 2.01. The van der Waals surface area contributed by atoms with Crippen LogP contribution < -0.4 is 11.1 Å². The van der Waals surface area contributed by atoms with Crippen LogP contribution in [-0.2, 0) is 11.2 Å². The summed E-state index contributed by atoms with van der Waals surface area (Å²) in [6.45, 7) is 0.471. The van der Waals surface area contributed by atoms with Gasteiger partial charge in [-0.25, -0.2) is 0 Å². The number of hydrogen-bond acceptors (Lipinski definition) is 4. The number of aliphatic hydroxyl groups is 1. The average Bonchev–Trinajstić information content (AvgIpc) is 2.63. The van der Waals surface area contributed by atoms with Crippen molar-refractivity contribution < 1.29 is 9.90 Å². The van der Waals surface area contributed by atoms with Crippen molar-refractivity contribution in [2.24, 2.45) is 5.73 Å². The first-order chi connectivity index (χ1) is 7.13. The van der Waals surface area contributed by atoms with E-state index in [4.69, 9.17) is 10.8 Å². The van der Waals surface area contributed by atoms with Gasteiger partial charge in [0.15, 0.2) is 0 Å². The summed E-state index contributed by atoms with van der Waals surface area (Å²) < 4.78 is 1.05. The number of carbonyl (C=O) groups is 1. The van der Waals surface area contributed by atoms with Crippen LogP contribution in [0.3, 0.4) is 0 Å². The predicted octanol–water partition coefficient (Wildman–Crippen LogP) is 0.489. The molecule has 15 heavy (non-hydrogen) atoms. The van der Waals surface area contributed by atoms with Gasteiger partial charge in [0.05, 0.1) is 0 Å². The Morgan fingerprint density at radius 2 is 2.47 bits per heavy atom. The Morgan fingerprint density at radius 1 is 1.73 bits per heavy atom. The summed E-state index contributed by atoms with van der Waals surface area (Å²) >= 11 is 4.98. The highest BCUT2D eigenvalue weighted by atomic mass is 79.9. The van der Waals surface area contributed by atoms with Crippen LogP contribution in [0.4, 0.5) is 0 Å². The molecule has 0 saturated heterocycles. The lowest BCUT2D eigenvalue weighted by Crippen LogP contribution is -2.39. The first-order valence-electron chi connectivity index (χ1n) is 4.52. The van der Waals surface area contributed by atoms with Crippen LogP contribution in [0.25, 0.3) is 0 Å². The molecule has 0 saturated carbocycles. The summed E-state index contributed by atoms with van der Waals surface area (Å²) in [6.07, 6.45) is -0.334. The van der Waals surface area contributed by atoms with Gasteiger partial charge in [0.1, 0.15) is 6.10 Å². The SMILES string of the molecule is NCC(O)C(=O)NCCc1cc(Br)cs1. The lowest BCUT2D eigenvalue weighted by Gasteiger charge is -2.08. The minimum Gasteiger partial charge on any atom is -0.382 e. The molecule has 1 rings (SSSR count). The predicted molar refractivity (Wildman–Crippen MR) is 63.8 cm³/mol. The zero-order valence-electron chi connectivity index (χ0n) is 8.07. The fraction of sp³-hybridized carbons (Fsp3) is 0.444. The number of nitrogens with two attached hydrogens (primary N) is 1. The van der Waals surface area contributed by atoms with Crippen molar-refractivity contribution in [3.8, 4) is 0 Å². The van der Waals surface area contributed by atoms with Gasteiger partial charge in [-0.2, -0.15) is 0 Å². The van der Waals surface area contributed by atoms with Crippen molar-refractivity contribution in [1.82, 2.24) is 5.32 Å². The third kappa shape index (κ3) is 4.29. The van der Waals surface area contributed by atoms with E-state index in [2.05, 4.69) is 21.2 Å². The fourth-order valence-electron chi connectivity index (χ4n) is 1.02. The third-order valence-electron chi connectivity index (χ3n) is 1.82. The van der Waals surface area contributed by atoms with E-state index < -0.39 is 12.0 Å². The quantitative estimate of drug-likeness (QED) is 0.739. The minimum absolute atomic E-state index is 0.0453. The Morgan fingerprint density at radius 3 is 3.00 bits per heavy atom. The van der Waals surface area contributed by atoms with Gasteiger partial charge in [-0.05, 0) is 28.4 Å². The maximum absolute atomic E-state index is 11.1. The Kier molecular flexibility index (Phi) is 5.24. The molecule has 0 fully saturated rings. The van der Waals surface area contributed by atoms with E-state index >= 15 is 0 Å². The molecule has 6 heteroatoms. The van der Waals surface area contributed by atoms with Gasteiger partial charge in [-0.15, -0.1) is 11.3 Å². The molecule has 1 unspecified atom stereocenters. The molecule has 0 aliphatic heterocycles. The zero-order valence-corrected chi connectivity index (χ0v) is 10.5. The van der Waals surface area contributed by atoms with E-state index in [0.29, 0.717) is 6.54 Å². The Labute approximate surface area is 101 Å². The van der Waals surface area contributed by atoms with Gasteiger partial charge >= 0.3 is 0 Å². The molecule has 0 spiro atoms. The molecule has 4 N–H and O–H groups in total. The van der Waals surface area contributed by atoms with E-state index in [1.165, 1.54) is 4.88 Å². The van der Waals surface area contributed by atoms with Gasteiger partial charge < -0.3 is 16.2 Å². The molecule has 1 atom stereocenters. The molecule has 0 bridgehead atoms. The van der Waals surface area contributed by atoms with Crippen LogP contribution in [0.5, 0.6) is 0 Å². The number of carbonyl (C=O) groups excluding carboxylic acids is 1. The van der Waals surface area contributed by atoms with E-state index in [1.807, 2.05) is 11.4 Å². The largest absolute Gasteiger partial charge is 0.382 e. The van der Waals surface area contributed by atoms with Crippen molar-refractivity contribution in [1.29, 1.82) is 0 Å². The summed E-state index contributed by atoms with van der Waals surface area (Å²) in [5, 5.41) is 13.7. The summed E-state index contributed by atoms with van der Waals surface area (Å²) in [5.41, 5.74) is 5.14. The van der Waals surface area contributed by atoms with E-state index in [1.54, 1.807) is 11.3 Å². The summed E-state index contributed by atoms with van der Waals surface area (Å²) in [5.74, 6) is -0.409. The number of hydrogen-bond donors (Lipinski definition) is 3. The van der Waals surface area contributed by atoms with Crippen LogP contribution in [0, 0.1) is 0 Å². The number of amides is 1. The van der Waals surface area contributed by atoms with Gasteiger partial charge in [0.2, 0.25) is 5.91 Å². The molecule has 1 aromatic rings. The maximum Gasteiger partial charge on any atom is 0.250 e. The molecule has 1 aromatic heterocycles. The van der Waals surface area contributed by atoms with Gasteiger partial charge in [0, 0.05) is 27.8 Å². The Hall–Kier alpha value is -0.430. The molecule has 84 valence electrons. The van der Waals surface area contributed by atoms with Crippen LogP contribution in [-0.4, -0.2) is 30.2 Å². The fourth-order valence-corrected chi connectivity index (χ4v) is 2.47. The van der Waals surface area contributed by atoms with E-state index in [0.717, 1.165) is 10.9 Å². The minimum atomic E-state index is -1.10.